The van der Waals surface area contributed by atoms with Crippen LogP contribution in [0, 0.1) is 12.7 Å². The van der Waals surface area contributed by atoms with Crippen molar-refractivity contribution in [3.63, 3.8) is 0 Å². The van der Waals surface area contributed by atoms with E-state index in [4.69, 9.17) is 0 Å². The van der Waals surface area contributed by atoms with Crippen molar-refractivity contribution in [1.82, 2.24) is 15.1 Å². The second-order valence-corrected chi connectivity index (χ2v) is 7.19. The summed E-state index contributed by atoms with van der Waals surface area (Å²) in [6.45, 7) is 1.81. The zero-order valence-corrected chi connectivity index (χ0v) is 15.7. The summed E-state index contributed by atoms with van der Waals surface area (Å²) in [6.07, 6.45) is 2.48. The van der Waals surface area contributed by atoms with Crippen molar-refractivity contribution < 1.29 is 9.18 Å². The van der Waals surface area contributed by atoms with Crippen LogP contribution in [-0.2, 0) is 17.6 Å². The lowest BCUT2D eigenvalue weighted by molar-refractivity contribution is -0.121. The number of aromatic amines is 1. The molecule has 0 radical (unpaired) electrons. The highest BCUT2D eigenvalue weighted by Gasteiger charge is 2.23. The minimum Gasteiger partial charge on any atom is -0.349 e. The Morgan fingerprint density at radius 2 is 1.96 bits per heavy atom. The highest BCUT2D eigenvalue weighted by Crippen LogP contribution is 2.30. The molecule has 1 amide bonds. The predicted octanol–water partition coefficient (Wildman–Crippen LogP) is 3.35. The van der Waals surface area contributed by atoms with Gasteiger partial charge in [0, 0.05) is 17.7 Å². The topological polar surface area (TPSA) is 66.9 Å². The number of nitrogens with one attached hydrogen (secondary N) is 2. The number of rotatable bonds is 5. The normalized spacial score (nSPS) is 15.4. The van der Waals surface area contributed by atoms with Gasteiger partial charge in [-0.05, 0) is 61.6 Å². The van der Waals surface area contributed by atoms with E-state index in [-0.39, 0.29) is 29.7 Å². The van der Waals surface area contributed by atoms with Gasteiger partial charge in [0.05, 0.1) is 11.7 Å². The maximum Gasteiger partial charge on any atom is 0.274 e. The zero-order chi connectivity index (χ0) is 19.7. The molecule has 1 unspecified atom stereocenters. The molecule has 2 N–H and O–H groups in total. The monoisotopic (exact) mass is 379 g/mol. The quantitative estimate of drug-likeness (QED) is 0.714. The van der Waals surface area contributed by atoms with Gasteiger partial charge in [-0.1, -0.05) is 24.3 Å². The van der Waals surface area contributed by atoms with Gasteiger partial charge in [-0.3, -0.25) is 14.7 Å². The van der Waals surface area contributed by atoms with Gasteiger partial charge in [-0.15, -0.1) is 0 Å². The van der Waals surface area contributed by atoms with Crippen molar-refractivity contribution in [2.75, 3.05) is 0 Å². The molecule has 2 aromatic carbocycles. The van der Waals surface area contributed by atoms with Gasteiger partial charge in [0.25, 0.3) is 5.56 Å². The average molecular weight is 379 g/mol. The summed E-state index contributed by atoms with van der Waals surface area (Å²) in [5.74, 6) is -0.416. The van der Waals surface area contributed by atoms with Crippen LogP contribution in [0.5, 0.6) is 0 Å². The minimum atomic E-state index is -0.356. The van der Waals surface area contributed by atoms with Crippen molar-refractivity contribution in [2.45, 2.75) is 38.6 Å². The van der Waals surface area contributed by atoms with Crippen LogP contribution in [-0.4, -0.2) is 15.7 Å². The summed E-state index contributed by atoms with van der Waals surface area (Å²) in [6, 6.07) is 13.9. The number of aromatic nitrogens is 2. The summed E-state index contributed by atoms with van der Waals surface area (Å²) in [7, 11) is 0. The summed E-state index contributed by atoms with van der Waals surface area (Å²) >= 11 is 0. The van der Waals surface area contributed by atoms with Gasteiger partial charge < -0.3 is 5.32 Å². The first kappa shape index (κ1) is 18.2. The van der Waals surface area contributed by atoms with Crippen LogP contribution in [0.4, 0.5) is 4.39 Å². The number of hydrogen-bond donors (Lipinski definition) is 2. The highest BCUT2D eigenvalue weighted by molar-refractivity contribution is 5.77. The Morgan fingerprint density at radius 3 is 2.75 bits per heavy atom. The molecule has 1 aliphatic rings. The van der Waals surface area contributed by atoms with Crippen LogP contribution < -0.4 is 10.9 Å². The van der Waals surface area contributed by atoms with Crippen molar-refractivity contribution in [1.29, 1.82) is 0 Å². The number of carbonyl (C=O) groups excluding carboxylic acids is 1. The van der Waals surface area contributed by atoms with Crippen LogP contribution in [0.1, 0.15) is 41.3 Å². The molecule has 1 heterocycles. The van der Waals surface area contributed by atoms with E-state index in [0.29, 0.717) is 23.4 Å². The molecule has 144 valence electrons. The third kappa shape index (κ3) is 3.50. The first-order valence-corrected chi connectivity index (χ1v) is 9.46. The maximum absolute atomic E-state index is 13.1. The van der Waals surface area contributed by atoms with E-state index in [1.165, 1.54) is 27.9 Å². The number of fused-ring (bicyclic) bond motifs is 1. The Hall–Kier alpha value is -3.15. The fraction of sp³-hybridized carbons (Fsp3) is 0.273. The van der Waals surface area contributed by atoms with E-state index in [2.05, 4.69) is 22.5 Å². The molecule has 1 aromatic heterocycles. The molecule has 0 saturated carbocycles. The summed E-state index contributed by atoms with van der Waals surface area (Å²) in [4.78, 5) is 25.1. The van der Waals surface area contributed by atoms with Crippen molar-refractivity contribution in [3.05, 3.63) is 87.1 Å². The van der Waals surface area contributed by atoms with Crippen LogP contribution in [0.15, 0.2) is 53.3 Å². The predicted molar refractivity (Wildman–Crippen MR) is 105 cm³/mol. The van der Waals surface area contributed by atoms with E-state index in [1.54, 1.807) is 12.1 Å². The Kier molecular flexibility index (Phi) is 4.86. The summed E-state index contributed by atoms with van der Waals surface area (Å²) < 4.78 is 14.5. The van der Waals surface area contributed by atoms with Crippen LogP contribution in [0.2, 0.25) is 0 Å². The smallest absolute Gasteiger partial charge is 0.274 e. The minimum absolute atomic E-state index is 0.0481. The fourth-order valence-corrected chi connectivity index (χ4v) is 3.86. The summed E-state index contributed by atoms with van der Waals surface area (Å²) in [5, 5.41) is 6.10. The molecule has 3 aromatic rings. The van der Waals surface area contributed by atoms with Crippen LogP contribution in [0.25, 0.3) is 5.69 Å². The van der Waals surface area contributed by atoms with Gasteiger partial charge in [-0.2, -0.15) is 0 Å². The molecule has 1 atom stereocenters. The molecule has 0 fully saturated rings. The van der Waals surface area contributed by atoms with E-state index in [0.717, 1.165) is 12.8 Å². The van der Waals surface area contributed by atoms with E-state index >= 15 is 0 Å². The van der Waals surface area contributed by atoms with E-state index < -0.39 is 0 Å². The fourth-order valence-electron chi connectivity index (χ4n) is 3.86. The number of halogens is 1. The molecule has 0 aliphatic heterocycles. The lowest BCUT2D eigenvalue weighted by Crippen LogP contribution is -2.28. The second-order valence-electron chi connectivity index (χ2n) is 7.19. The third-order valence-corrected chi connectivity index (χ3v) is 5.35. The zero-order valence-electron chi connectivity index (χ0n) is 15.7. The van der Waals surface area contributed by atoms with E-state index in [9.17, 15) is 14.0 Å². The van der Waals surface area contributed by atoms with Gasteiger partial charge in [0.2, 0.25) is 5.91 Å². The number of amides is 1. The number of carbonyl (C=O) groups is 1. The molecule has 1 aliphatic carbocycles. The molecular weight excluding hydrogens is 357 g/mol. The van der Waals surface area contributed by atoms with Gasteiger partial charge in [0.15, 0.2) is 0 Å². The first-order chi connectivity index (χ1) is 13.5. The van der Waals surface area contributed by atoms with Crippen LogP contribution in [0.3, 0.4) is 0 Å². The van der Waals surface area contributed by atoms with Gasteiger partial charge in [-0.25, -0.2) is 9.07 Å². The number of H-pyrrole nitrogens is 1. The largest absolute Gasteiger partial charge is 0.349 e. The second kappa shape index (κ2) is 7.46. The Labute approximate surface area is 162 Å². The van der Waals surface area contributed by atoms with E-state index in [1.807, 2.05) is 19.1 Å². The molecular formula is C22H22FN3O2. The number of benzene rings is 2. The standard InChI is InChI=1S/C22H22FN3O2/c1-14-18(22(28)26(25-14)17-9-7-16(23)8-10-17)11-13-21(27)24-20-12-6-15-4-2-3-5-19(15)20/h2-5,7-10,20,25H,6,11-13H2,1H3,(H,24,27). The average Bonchev–Trinajstić information content (AvgIpc) is 3.22. The molecule has 4 rings (SSSR count). The number of hydrogen-bond acceptors (Lipinski definition) is 2. The molecule has 28 heavy (non-hydrogen) atoms. The molecule has 0 saturated heterocycles. The van der Waals surface area contributed by atoms with Crippen molar-refractivity contribution in [3.8, 4) is 5.69 Å². The van der Waals surface area contributed by atoms with Crippen molar-refractivity contribution in [2.24, 2.45) is 0 Å². The van der Waals surface area contributed by atoms with Crippen LogP contribution >= 0.6 is 0 Å². The Balaban J connectivity index is 1.43. The van der Waals surface area contributed by atoms with Crippen molar-refractivity contribution >= 4 is 5.91 Å². The SMILES string of the molecule is Cc1[nH]n(-c2ccc(F)cc2)c(=O)c1CCC(=O)NC1CCc2ccccc21. The Bertz CT molecular complexity index is 1070. The molecule has 0 spiro atoms. The lowest BCUT2D eigenvalue weighted by Gasteiger charge is -2.13. The number of nitrogens with zero attached hydrogens (tertiary/aromatic N) is 1. The maximum atomic E-state index is 13.1. The number of aryl methyl sites for hydroxylation is 2. The van der Waals surface area contributed by atoms with Gasteiger partial charge in [0.1, 0.15) is 5.82 Å². The Morgan fingerprint density at radius 1 is 1.21 bits per heavy atom. The summed E-state index contributed by atoms with van der Waals surface area (Å²) in [5.41, 5.74) is 4.12. The lowest BCUT2D eigenvalue weighted by atomic mass is 10.1. The molecule has 0 bridgehead atoms. The first-order valence-electron chi connectivity index (χ1n) is 9.46. The highest BCUT2D eigenvalue weighted by atomic mass is 19.1. The molecule has 5 nitrogen and oxygen atoms in total. The van der Waals surface area contributed by atoms with Gasteiger partial charge >= 0.3 is 0 Å². The molecule has 6 heteroatoms. The third-order valence-electron chi connectivity index (χ3n) is 5.35.